The molecule has 1 heterocycles. The van der Waals surface area contributed by atoms with Gasteiger partial charge in [0, 0.05) is 30.5 Å². The second kappa shape index (κ2) is 6.27. The Morgan fingerprint density at radius 2 is 1.75 bits per heavy atom. The van der Waals surface area contributed by atoms with E-state index in [1.807, 2.05) is 0 Å². The fourth-order valence-electron chi connectivity index (χ4n) is 2.77. The van der Waals surface area contributed by atoms with E-state index in [2.05, 4.69) is 74.8 Å². The van der Waals surface area contributed by atoms with Crippen molar-refractivity contribution in [1.82, 2.24) is 9.88 Å². The molecule has 0 aliphatic heterocycles. The van der Waals surface area contributed by atoms with Crippen LogP contribution in [0.1, 0.15) is 48.0 Å². The van der Waals surface area contributed by atoms with Gasteiger partial charge in [0.2, 0.25) is 0 Å². The Bertz CT molecular complexity index is 564. The fraction of sp³-hybridized carbons (Fsp3) is 0.444. The van der Waals surface area contributed by atoms with Crippen LogP contribution in [0.2, 0.25) is 0 Å². The van der Waals surface area contributed by atoms with Gasteiger partial charge in [-0.25, -0.2) is 0 Å². The molecule has 1 N–H and O–H groups in total. The molecule has 0 aliphatic rings. The molecule has 2 rings (SSSR count). The minimum atomic E-state index is 0.375. The van der Waals surface area contributed by atoms with E-state index < -0.39 is 0 Å². The number of benzene rings is 1. The zero-order chi connectivity index (χ0) is 14.7. The molecule has 1 atom stereocenters. The first-order valence-electron chi connectivity index (χ1n) is 7.48. The highest BCUT2D eigenvalue weighted by atomic mass is 15.0. The highest BCUT2D eigenvalue weighted by Crippen LogP contribution is 2.17. The topological polar surface area (TPSA) is 17.0 Å². The molecule has 0 spiro atoms. The summed E-state index contributed by atoms with van der Waals surface area (Å²) >= 11 is 0. The standard InChI is InChI=1S/C18H26N2/c1-6-20-14(3)11-18(16(20)5)12-19-15(4)17-9-7-13(2)8-10-17/h7-11,15,19H,6,12H2,1-5H3. The number of hydrogen-bond donors (Lipinski definition) is 1. The molecule has 108 valence electrons. The van der Waals surface area contributed by atoms with E-state index in [-0.39, 0.29) is 0 Å². The van der Waals surface area contributed by atoms with Crippen LogP contribution in [-0.2, 0) is 13.1 Å². The lowest BCUT2D eigenvalue weighted by atomic mass is 10.1. The number of nitrogens with one attached hydrogen (secondary N) is 1. The van der Waals surface area contributed by atoms with Crippen LogP contribution in [-0.4, -0.2) is 4.57 Å². The van der Waals surface area contributed by atoms with Gasteiger partial charge in [0.25, 0.3) is 0 Å². The molecule has 1 aromatic heterocycles. The largest absolute Gasteiger partial charge is 0.349 e. The predicted molar refractivity (Wildman–Crippen MR) is 86.0 cm³/mol. The lowest BCUT2D eigenvalue weighted by molar-refractivity contribution is 0.571. The third kappa shape index (κ3) is 3.13. The summed E-state index contributed by atoms with van der Waals surface area (Å²) in [7, 11) is 0. The maximum atomic E-state index is 3.63. The van der Waals surface area contributed by atoms with E-state index in [4.69, 9.17) is 0 Å². The number of aromatic nitrogens is 1. The first-order chi connectivity index (χ1) is 9.52. The Kier molecular flexibility index (Phi) is 4.66. The molecule has 0 fully saturated rings. The summed E-state index contributed by atoms with van der Waals surface area (Å²) < 4.78 is 2.37. The van der Waals surface area contributed by atoms with Gasteiger partial charge in [0.05, 0.1) is 0 Å². The van der Waals surface area contributed by atoms with E-state index in [1.54, 1.807) is 0 Å². The van der Waals surface area contributed by atoms with E-state index in [0.717, 1.165) is 13.1 Å². The molecule has 0 aliphatic carbocycles. The number of nitrogens with zero attached hydrogens (tertiary/aromatic N) is 1. The minimum Gasteiger partial charge on any atom is -0.349 e. The summed E-state index contributed by atoms with van der Waals surface area (Å²) in [4.78, 5) is 0. The van der Waals surface area contributed by atoms with E-state index in [9.17, 15) is 0 Å². The highest BCUT2D eigenvalue weighted by Gasteiger charge is 2.09. The summed E-state index contributed by atoms with van der Waals surface area (Å²) in [6, 6.07) is 11.4. The van der Waals surface area contributed by atoms with Crippen molar-refractivity contribution in [3.05, 3.63) is 58.4 Å². The van der Waals surface area contributed by atoms with Crippen molar-refractivity contribution < 1.29 is 0 Å². The predicted octanol–water partition coefficient (Wildman–Crippen LogP) is 4.28. The first kappa shape index (κ1) is 14.9. The quantitative estimate of drug-likeness (QED) is 0.858. The van der Waals surface area contributed by atoms with Gasteiger partial charge in [-0.15, -0.1) is 0 Å². The van der Waals surface area contributed by atoms with E-state index >= 15 is 0 Å². The molecule has 20 heavy (non-hydrogen) atoms. The van der Waals surface area contributed by atoms with Crippen molar-refractivity contribution in [3.8, 4) is 0 Å². The van der Waals surface area contributed by atoms with Gasteiger partial charge in [-0.1, -0.05) is 29.8 Å². The third-order valence-corrected chi connectivity index (χ3v) is 4.17. The maximum absolute atomic E-state index is 3.63. The molecule has 0 amide bonds. The summed E-state index contributed by atoms with van der Waals surface area (Å²) in [6.07, 6.45) is 0. The monoisotopic (exact) mass is 270 g/mol. The van der Waals surface area contributed by atoms with Crippen LogP contribution in [0.25, 0.3) is 0 Å². The number of hydrogen-bond acceptors (Lipinski definition) is 1. The zero-order valence-electron chi connectivity index (χ0n) is 13.3. The smallest absolute Gasteiger partial charge is 0.0294 e. The highest BCUT2D eigenvalue weighted by molar-refractivity contribution is 5.27. The molecule has 2 aromatic rings. The Balaban J connectivity index is 2.03. The summed E-state index contributed by atoms with van der Waals surface area (Å²) in [5, 5.41) is 3.63. The Hall–Kier alpha value is -1.54. The van der Waals surface area contributed by atoms with Gasteiger partial charge in [0.1, 0.15) is 0 Å². The van der Waals surface area contributed by atoms with Crippen LogP contribution < -0.4 is 5.32 Å². The van der Waals surface area contributed by atoms with E-state index in [0.29, 0.717) is 6.04 Å². The Morgan fingerprint density at radius 3 is 2.30 bits per heavy atom. The van der Waals surface area contributed by atoms with Crippen LogP contribution in [0.5, 0.6) is 0 Å². The van der Waals surface area contributed by atoms with Gasteiger partial charge in [-0.05, 0) is 51.8 Å². The molecule has 1 unspecified atom stereocenters. The normalized spacial score (nSPS) is 12.7. The summed E-state index contributed by atoms with van der Waals surface area (Å²) in [6.45, 7) is 12.9. The molecule has 0 bridgehead atoms. The van der Waals surface area contributed by atoms with Crippen LogP contribution >= 0.6 is 0 Å². The number of rotatable bonds is 5. The fourth-order valence-corrected chi connectivity index (χ4v) is 2.77. The van der Waals surface area contributed by atoms with Crippen LogP contribution in [0, 0.1) is 20.8 Å². The van der Waals surface area contributed by atoms with Gasteiger partial charge < -0.3 is 9.88 Å². The Labute approximate surface area is 122 Å². The molecule has 0 saturated carbocycles. The average molecular weight is 270 g/mol. The lowest BCUT2D eigenvalue weighted by Gasteiger charge is -2.15. The molecule has 2 heteroatoms. The zero-order valence-corrected chi connectivity index (χ0v) is 13.3. The first-order valence-corrected chi connectivity index (χ1v) is 7.48. The number of aryl methyl sites for hydroxylation is 2. The van der Waals surface area contributed by atoms with Gasteiger partial charge >= 0.3 is 0 Å². The lowest BCUT2D eigenvalue weighted by Crippen LogP contribution is -2.18. The molecule has 1 aromatic carbocycles. The molecular weight excluding hydrogens is 244 g/mol. The van der Waals surface area contributed by atoms with Crippen LogP contribution in [0.15, 0.2) is 30.3 Å². The van der Waals surface area contributed by atoms with Crippen molar-refractivity contribution in [2.45, 2.75) is 53.8 Å². The third-order valence-electron chi connectivity index (χ3n) is 4.17. The molecule has 2 nitrogen and oxygen atoms in total. The summed E-state index contributed by atoms with van der Waals surface area (Å²) in [5.41, 5.74) is 6.80. The average Bonchev–Trinajstić information content (AvgIpc) is 2.71. The van der Waals surface area contributed by atoms with Crippen molar-refractivity contribution in [2.24, 2.45) is 0 Å². The van der Waals surface area contributed by atoms with Gasteiger partial charge in [0.15, 0.2) is 0 Å². The SMILES string of the molecule is CCn1c(C)cc(CNC(C)c2ccc(C)cc2)c1C. The van der Waals surface area contributed by atoms with Crippen molar-refractivity contribution >= 4 is 0 Å². The van der Waals surface area contributed by atoms with Crippen molar-refractivity contribution in [3.63, 3.8) is 0 Å². The van der Waals surface area contributed by atoms with Crippen LogP contribution in [0.4, 0.5) is 0 Å². The maximum Gasteiger partial charge on any atom is 0.0294 e. The van der Waals surface area contributed by atoms with E-state index in [1.165, 1.54) is 28.1 Å². The van der Waals surface area contributed by atoms with Gasteiger partial charge in [-0.2, -0.15) is 0 Å². The second-order valence-electron chi connectivity index (χ2n) is 5.65. The molecule has 0 radical (unpaired) electrons. The Morgan fingerprint density at radius 1 is 1.10 bits per heavy atom. The minimum absolute atomic E-state index is 0.375. The van der Waals surface area contributed by atoms with Crippen molar-refractivity contribution in [1.29, 1.82) is 0 Å². The molecule has 0 saturated heterocycles. The van der Waals surface area contributed by atoms with Crippen LogP contribution in [0.3, 0.4) is 0 Å². The molecular formula is C18H26N2. The van der Waals surface area contributed by atoms with Crippen molar-refractivity contribution in [2.75, 3.05) is 0 Å². The second-order valence-corrected chi connectivity index (χ2v) is 5.65. The summed E-state index contributed by atoms with van der Waals surface area (Å²) in [5.74, 6) is 0. The van der Waals surface area contributed by atoms with Gasteiger partial charge in [-0.3, -0.25) is 0 Å².